The zero-order valence-corrected chi connectivity index (χ0v) is 15.4. The third-order valence-electron chi connectivity index (χ3n) is 4.16. The summed E-state index contributed by atoms with van der Waals surface area (Å²) in [4.78, 5) is 11.0. The molecule has 0 fully saturated rings. The highest BCUT2D eigenvalue weighted by molar-refractivity contribution is 7.19. The van der Waals surface area contributed by atoms with Crippen LogP contribution in [0.15, 0.2) is 54.6 Å². The van der Waals surface area contributed by atoms with E-state index in [1.807, 2.05) is 36.4 Å². The van der Waals surface area contributed by atoms with E-state index in [0.29, 0.717) is 0 Å². The van der Waals surface area contributed by atoms with E-state index in [4.69, 9.17) is 11.6 Å². The molecule has 2 aromatic heterocycles. The van der Waals surface area contributed by atoms with E-state index in [1.54, 1.807) is 11.3 Å². The molecular weight excluding hydrogens is 350 g/mol. The van der Waals surface area contributed by atoms with Gasteiger partial charge in [-0.15, -0.1) is 11.3 Å². The Labute approximate surface area is 155 Å². The summed E-state index contributed by atoms with van der Waals surface area (Å²) >= 11 is 7.82. The number of aryl methyl sites for hydroxylation is 2. The van der Waals surface area contributed by atoms with Gasteiger partial charge in [0, 0.05) is 16.1 Å². The fourth-order valence-electron chi connectivity index (χ4n) is 2.97. The lowest BCUT2D eigenvalue weighted by molar-refractivity contribution is 1.23. The average Bonchev–Trinajstić information content (AvgIpc) is 2.93. The fourth-order valence-corrected chi connectivity index (χ4v) is 4.23. The van der Waals surface area contributed by atoms with Gasteiger partial charge in [0.2, 0.25) is 5.28 Å². The van der Waals surface area contributed by atoms with Gasteiger partial charge in [-0.3, -0.25) is 0 Å². The molecule has 2 aromatic carbocycles. The molecule has 0 atom stereocenters. The Morgan fingerprint density at radius 3 is 2.40 bits per heavy atom. The number of rotatable bonds is 3. The Morgan fingerprint density at radius 2 is 1.64 bits per heavy atom. The first-order chi connectivity index (χ1) is 12.1. The molecule has 4 rings (SSSR count). The van der Waals surface area contributed by atoms with Gasteiger partial charge >= 0.3 is 0 Å². The Balaban J connectivity index is 1.96. The van der Waals surface area contributed by atoms with Crippen molar-refractivity contribution in [3.05, 3.63) is 70.3 Å². The summed E-state index contributed by atoms with van der Waals surface area (Å²) in [6.45, 7) is 4.18. The van der Waals surface area contributed by atoms with Gasteiger partial charge in [-0.05, 0) is 42.6 Å². The lowest BCUT2D eigenvalue weighted by Gasteiger charge is -2.11. The van der Waals surface area contributed by atoms with Crippen LogP contribution in [0.2, 0.25) is 5.28 Å². The molecule has 0 saturated carbocycles. The average molecular weight is 366 g/mol. The highest BCUT2D eigenvalue weighted by atomic mass is 35.5. The number of benzene rings is 2. The number of nitrogens with zero attached hydrogens (tertiary/aromatic N) is 2. The highest BCUT2D eigenvalue weighted by Crippen LogP contribution is 2.41. The number of anilines is 2. The normalized spacial score (nSPS) is 11.0. The van der Waals surface area contributed by atoms with Crippen molar-refractivity contribution >= 4 is 44.7 Å². The first kappa shape index (κ1) is 16.1. The quantitative estimate of drug-likeness (QED) is 0.428. The van der Waals surface area contributed by atoms with Gasteiger partial charge < -0.3 is 5.32 Å². The standard InChI is InChI=1S/C20H16ClN3S/c1-12-8-6-7-11-15(12)22-18-17-16(14-9-4-3-5-10-14)13(2)25-19(17)24-20(21)23-18/h3-11H,1-2H3,(H,22,23,24). The summed E-state index contributed by atoms with van der Waals surface area (Å²) in [5, 5.41) is 4.72. The van der Waals surface area contributed by atoms with Crippen LogP contribution in [-0.4, -0.2) is 9.97 Å². The van der Waals surface area contributed by atoms with E-state index < -0.39 is 0 Å². The SMILES string of the molecule is Cc1ccccc1Nc1nc(Cl)nc2sc(C)c(-c3ccccc3)c12. The minimum absolute atomic E-state index is 0.254. The predicted molar refractivity (Wildman–Crippen MR) is 107 cm³/mol. The molecule has 0 radical (unpaired) electrons. The van der Waals surface area contributed by atoms with Gasteiger partial charge in [-0.2, -0.15) is 4.98 Å². The molecule has 0 aliphatic carbocycles. The Kier molecular flexibility index (Phi) is 4.15. The van der Waals surface area contributed by atoms with Crippen LogP contribution in [0.3, 0.4) is 0 Å². The van der Waals surface area contributed by atoms with Crippen LogP contribution in [-0.2, 0) is 0 Å². The van der Waals surface area contributed by atoms with Crippen LogP contribution in [0.5, 0.6) is 0 Å². The minimum atomic E-state index is 0.254. The molecule has 0 aliphatic rings. The molecule has 4 aromatic rings. The smallest absolute Gasteiger partial charge is 0.225 e. The van der Waals surface area contributed by atoms with E-state index in [0.717, 1.165) is 38.4 Å². The van der Waals surface area contributed by atoms with Crippen LogP contribution in [0.1, 0.15) is 10.4 Å². The lowest BCUT2D eigenvalue weighted by Crippen LogP contribution is -1.98. The number of hydrogen-bond donors (Lipinski definition) is 1. The molecule has 0 saturated heterocycles. The van der Waals surface area contributed by atoms with Crippen molar-refractivity contribution in [3.8, 4) is 11.1 Å². The van der Waals surface area contributed by atoms with Crippen LogP contribution >= 0.6 is 22.9 Å². The van der Waals surface area contributed by atoms with Crippen molar-refractivity contribution in [2.45, 2.75) is 13.8 Å². The molecule has 25 heavy (non-hydrogen) atoms. The molecule has 0 aliphatic heterocycles. The molecule has 5 heteroatoms. The molecule has 2 heterocycles. The van der Waals surface area contributed by atoms with Crippen molar-refractivity contribution in [1.29, 1.82) is 0 Å². The molecule has 1 N–H and O–H groups in total. The second kappa shape index (κ2) is 6.47. The topological polar surface area (TPSA) is 37.8 Å². The van der Waals surface area contributed by atoms with Crippen molar-refractivity contribution in [3.63, 3.8) is 0 Å². The van der Waals surface area contributed by atoms with E-state index >= 15 is 0 Å². The highest BCUT2D eigenvalue weighted by Gasteiger charge is 2.18. The van der Waals surface area contributed by atoms with Gasteiger partial charge in [0.15, 0.2) is 0 Å². The Morgan fingerprint density at radius 1 is 0.920 bits per heavy atom. The number of halogens is 1. The van der Waals surface area contributed by atoms with E-state index in [2.05, 4.69) is 47.3 Å². The fraction of sp³-hybridized carbons (Fsp3) is 0.100. The van der Waals surface area contributed by atoms with Crippen molar-refractivity contribution < 1.29 is 0 Å². The van der Waals surface area contributed by atoms with E-state index in [-0.39, 0.29) is 5.28 Å². The van der Waals surface area contributed by atoms with Crippen LogP contribution < -0.4 is 5.32 Å². The van der Waals surface area contributed by atoms with Gasteiger partial charge in [0.25, 0.3) is 0 Å². The van der Waals surface area contributed by atoms with Gasteiger partial charge in [0.1, 0.15) is 10.6 Å². The predicted octanol–water partition coefficient (Wildman–Crippen LogP) is 6.37. The van der Waals surface area contributed by atoms with Gasteiger partial charge in [0.05, 0.1) is 5.39 Å². The van der Waals surface area contributed by atoms with E-state index in [1.165, 1.54) is 4.88 Å². The monoisotopic (exact) mass is 365 g/mol. The summed E-state index contributed by atoms with van der Waals surface area (Å²) in [7, 11) is 0. The molecule has 0 spiro atoms. The maximum Gasteiger partial charge on any atom is 0.225 e. The zero-order valence-electron chi connectivity index (χ0n) is 13.9. The molecule has 0 unspecified atom stereocenters. The third kappa shape index (κ3) is 2.99. The van der Waals surface area contributed by atoms with Crippen molar-refractivity contribution in [2.75, 3.05) is 5.32 Å². The second-order valence-electron chi connectivity index (χ2n) is 5.86. The van der Waals surface area contributed by atoms with E-state index in [9.17, 15) is 0 Å². The number of fused-ring (bicyclic) bond motifs is 1. The summed E-state index contributed by atoms with van der Waals surface area (Å²) in [6.07, 6.45) is 0. The molecule has 0 bridgehead atoms. The largest absolute Gasteiger partial charge is 0.339 e. The third-order valence-corrected chi connectivity index (χ3v) is 5.33. The summed E-state index contributed by atoms with van der Waals surface area (Å²) < 4.78 is 0. The van der Waals surface area contributed by atoms with Crippen molar-refractivity contribution in [1.82, 2.24) is 9.97 Å². The number of thiophene rings is 1. The van der Waals surface area contributed by atoms with Crippen LogP contribution in [0, 0.1) is 13.8 Å². The van der Waals surface area contributed by atoms with Gasteiger partial charge in [-0.1, -0.05) is 48.5 Å². The number of nitrogens with one attached hydrogen (secondary N) is 1. The molecular formula is C20H16ClN3S. The van der Waals surface area contributed by atoms with Crippen molar-refractivity contribution in [2.24, 2.45) is 0 Å². The maximum atomic E-state index is 6.18. The summed E-state index contributed by atoms with van der Waals surface area (Å²) in [5.74, 6) is 0.743. The first-order valence-electron chi connectivity index (χ1n) is 7.98. The van der Waals surface area contributed by atoms with Crippen LogP contribution in [0.25, 0.3) is 21.3 Å². The summed E-state index contributed by atoms with van der Waals surface area (Å²) in [5.41, 5.74) is 4.48. The molecule has 3 nitrogen and oxygen atoms in total. The molecule has 0 amide bonds. The summed E-state index contributed by atoms with van der Waals surface area (Å²) in [6, 6.07) is 18.5. The maximum absolute atomic E-state index is 6.18. The first-order valence-corrected chi connectivity index (χ1v) is 9.17. The minimum Gasteiger partial charge on any atom is -0.339 e. The number of aromatic nitrogens is 2. The zero-order chi connectivity index (χ0) is 17.4. The van der Waals surface area contributed by atoms with Gasteiger partial charge in [-0.25, -0.2) is 4.98 Å². The van der Waals surface area contributed by atoms with Crippen LogP contribution in [0.4, 0.5) is 11.5 Å². The number of hydrogen-bond acceptors (Lipinski definition) is 4. The Bertz CT molecular complexity index is 1060. The Hall–Kier alpha value is -2.43. The lowest BCUT2D eigenvalue weighted by atomic mass is 10.0. The number of para-hydroxylation sites is 1. The molecule has 124 valence electrons. The second-order valence-corrected chi connectivity index (χ2v) is 7.40.